The zero-order valence-corrected chi connectivity index (χ0v) is 9.94. The lowest BCUT2D eigenvalue weighted by atomic mass is 10.2. The van der Waals surface area contributed by atoms with E-state index < -0.39 is 23.7 Å². The van der Waals surface area contributed by atoms with Crippen molar-refractivity contribution in [3.8, 4) is 0 Å². The molecule has 0 radical (unpaired) electrons. The first-order valence-electron chi connectivity index (χ1n) is 5.55. The molecule has 0 fully saturated rings. The molecule has 2 amide bonds. The Kier molecular flexibility index (Phi) is 5.26. The fourth-order valence-electron chi connectivity index (χ4n) is 1.25. The van der Waals surface area contributed by atoms with Gasteiger partial charge < -0.3 is 15.7 Å². The molecule has 1 aromatic rings. The van der Waals surface area contributed by atoms with Gasteiger partial charge in [-0.25, -0.2) is 4.39 Å². The number of benzene rings is 1. The quantitative estimate of drug-likeness (QED) is 0.690. The standard InChI is InChI=1S/C12H15FN2O3/c1-2-9(7-16)14-11(17)12(18)15-10-5-3-8(13)4-6-10/h3-6,9,16H,2,7H2,1H3,(H,14,17)(H,15,18)/t9-/m1/s1. The summed E-state index contributed by atoms with van der Waals surface area (Å²) in [6.07, 6.45) is 0.520. The Labute approximate surface area is 104 Å². The Morgan fingerprint density at radius 1 is 1.28 bits per heavy atom. The molecule has 5 nitrogen and oxygen atoms in total. The van der Waals surface area contributed by atoms with Gasteiger partial charge in [0, 0.05) is 5.69 Å². The number of halogens is 1. The summed E-state index contributed by atoms with van der Waals surface area (Å²) < 4.78 is 12.6. The normalized spacial score (nSPS) is 11.7. The maximum absolute atomic E-state index is 12.6. The predicted molar refractivity (Wildman–Crippen MR) is 64.3 cm³/mol. The fourth-order valence-corrected chi connectivity index (χ4v) is 1.25. The lowest BCUT2D eigenvalue weighted by Crippen LogP contribution is -2.43. The molecule has 0 spiro atoms. The van der Waals surface area contributed by atoms with Gasteiger partial charge in [-0.15, -0.1) is 0 Å². The van der Waals surface area contributed by atoms with Crippen LogP contribution in [0.2, 0.25) is 0 Å². The van der Waals surface area contributed by atoms with Gasteiger partial charge in [-0.3, -0.25) is 9.59 Å². The minimum Gasteiger partial charge on any atom is -0.394 e. The number of hydrogen-bond donors (Lipinski definition) is 3. The van der Waals surface area contributed by atoms with Gasteiger partial charge in [0.25, 0.3) is 0 Å². The Bertz CT molecular complexity index is 416. The van der Waals surface area contributed by atoms with Crippen LogP contribution < -0.4 is 10.6 Å². The first-order valence-corrected chi connectivity index (χ1v) is 5.55. The largest absolute Gasteiger partial charge is 0.394 e. The molecule has 0 aliphatic heterocycles. The van der Waals surface area contributed by atoms with Crippen LogP contribution in [0.4, 0.5) is 10.1 Å². The summed E-state index contributed by atoms with van der Waals surface area (Å²) >= 11 is 0. The molecule has 98 valence electrons. The topological polar surface area (TPSA) is 78.4 Å². The molecule has 1 aromatic carbocycles. The lowest BCUT2D eigenvalue weighted by Gasteiger charge is -2.13. The summed E-state index contributed by atoms with van der Waals surface area (Å²) in [6.45, 7) is 1.55. The van der Waals surface area contributed by atoms with Gasteiger partial charge in [0.15, 0.2) is 0 Å². The van der Waals surface area contributed by atoms with Crippen LogP contribution in [0.25, 0.3) is 0 Å². The molecule has 0 aliphatic rings. The van der Waals surface area contributed by atoms with E-state index in [0.29, 0.717) is 12.1 Å². The Balaban J connectivity index is 2.54. The summed E-state index contributed by atoms with van der Waals surface area (Å²) in [6, 6.07) is 4.61. The summed E-state index contributed by atoms with van der Waals surface area (Å²) in [5, 5.41) is 13.6. The van der Waals surface area contributed by atoms with E-state index in [1.54, 1.807) is 6.92 Å². The van der Waals surface area contributed by atoms with Gasteiger partial charge in [0.1, 0.15) is 5.82 Å². The van der Waals surface area contributed by atoms with E-state index in [2.05, 4.69) is 10.6 Å². The number of anilines is 1. The molecular weight excluding hydrogens is 239 g/mol. The zero-order chi connectivity index (χ0) is 13.5. The fraction of sp³-hybridized carbons (Fsp3) is 0.333. The Morgan fingerprint density at radius 3 is 2.39 bits per heavy atom. The summed E-state index contributed by atoms with van der Waals surface area (Å²) in [7, 11) is 0. The van der Waals surface area contributed by atoms with Crippen molar-refractivity contribution < 1.29 is 19.1 Å². The number of hydrogen-bond acceptors (Lipinski definition) is 3. The van der Waals surface area contributed by atoms with Crippen LogP contribution in [-0.4, -0.2) is 29.6 Å². The van der Waals surface area contributed by atoms with Crippen LogP contribution >= 0.6 is 0 Å². The third-order valence-corrected chi connectivity index (χ3v) is 2.36. The second-order valence-electron chi connectivity index (χ2n) is 3.72. The number of carbonyl (C=O) groups is 2. The second kappa shape index (κ2) is 6.70. The van der Waals surface area contributed by atoms with Crippen LogP contribution in [0, 0.1) is 5.82 Å². The van der Waals surface area contributed by atoms with Crippen LogP contribution in [0.3, 0.4) is 0 Å². The van der Waals surface area contributed by atoms with E-state index in [0.717, 1.165) is 0 Å². The number of nitrogens with one attached hydrogen (secondary N) is 2. The average Bonchev–Trinajstić information content (AvgIpc) is 2.38. The minimum atomic E-state index is -0.853. The Morgan fingerprint density at radius 2 is 1.89 bits per heavy atom. The maximum Gasteiger partial charge on any atom is 0.313 e. The van der Waals surface area contributed by atoms with Crippen LogP contribution in [0.1, 0.15) is 13.3 Å². The Hall–Kier alpha value is -1.95. The van der Waals surface area contributed by atoms with Crippen molar-refractivity contribution in [1.29, 1.82) is 0 Å². The van der Waals surface area contributed by atoms with E-state index in [9.17, 15) is 14.0 Å². The van der Waals surface area contributed by atoms with E-state index >= 15 is 0 Å². The molecule has 1 atom stereocenters. The van der Waals surface area contributed by atoms with Crippen molar-refractivity contribution in [2.45, 2.75) is 19.4 Å². The molecule has 0 aromatic heterocycles. The summed E-state index contributed by atoms with van der Waals surface area (Å²) in [4.78, 5) is 22.9. The van der Waals surface area contributed by atoms with Crippen LogP contribution in [-0.2, 0) is 9.59 Å². The van der Waals surface area contributed by atoms with Crippen molar-refractivity contribution in [2.24, 2.45) is 0 Å². The third-order valence-electron chi connectivity index (χ3n) is 2.36. The van der Waals surface area contributed by atoms with Crippen molar-refractivity contribution >= 4 is 17.5 Å². The molecule has 0 saturated carbocycles. The number of aliphatic hydroxyl groups excluding tert-OH is 1. The predicted octanol–water partition coefficient (Wildman–Crippen LogP) is 0.651. The van der Waals surface area contributed by atoms with Gasteiger partial charge >= 0.3 is 11.8 Å². The van der Waals surface area contributed by atoms with E-state index in [1.807, 2.05) is 0 Å². The highest BCUT2D eigenvalue weighted by molar-refractivity contribution is 6.39. The van der Waals surface area contributed by atoms with Crippen molar-refractivity contribution in [3.63, 3.8) is 0 Å². The molecule has 6 heteroatoms. The monoisotopic (exact) mass is 254 g/mol. The van der Waals surface area contributed by atoms with Crippen molar-refractivity contribution in [2.75, 3.05) is 11.9 Å². The number of carbonyl (C=O) groups excluding carboxylic acids is 2. The summed E-state index contributed by atoms with van der Waals surface area (Å²) in [5.74, 6) is -2.11. The molecule has 0 bridgehead atoms. The lowest BCUT2D eigenvalue weighted by molar-refractivity contribution is -0.136. The van der Waals surface area contributed by atoms with Gasteiger partial charge in [0.05, 0.1) is 12.6 Å². The zero-order valence-electron chi connectivity index (χ0n) is 9.94. The van der Waals surface area contributed by atoms with Crippen LogP contribution in [0.5, 0.6) is 0 Å². The van der Waals surface area contributed by atoms with Crippen molar-refractivity contribution in [3.05, 3.63) is 30.1 Å². The number of rotatable bonds is 4. The van der Waals surface area contributed by atoms with Gasteiger partial charge in [0.2, 0.25) is 0 Å². The molecule has 0 aliphatic carbocycles. The molecule has 0 saturated heterocycles. The second-order valence-corrected chi connectivity index (χ2v) is 3.72. The van der Waals surface area contributed by atoms with Crippen molar-refractivity contribution in [1.82, 2.24) is 5.32 Å². The molecular formula is C12H15FN2O3. The van der Waals surface area contributed by atoms with E-state index in [-0.39, 0.29) is 6.61 Å². The molecule has 3 N–H and O–H groups in total. The number of amides is 2. The minimum absolute atomic E-state index is 0.230. The van der Waals surface area contributed by atoms with Gasteiger partial charge in [-0.1, -0.05) is 6.92 Å². The molecule has 0 heterocycles. The van der Waals surface area contributed by atoms with Gasteiger partial charge in [-0.05, 0) is 30.7 Å². The van der Waals surface area contributed by atoms with E-state index in [1.165, 1.54) is 24.3 Å². The SMILES string of the molecule is CC[C@H](CO)NC(=O)C(=O)Nc1ccc(F)cc1. The highest BCUT2D eigenvalue weighted by Crippen LogP contribution is 2.07. The van der Waals surface area contributed by atoms with Gasteiger partial charge in [-0.2, -0.15) is 0 Å². The highest BCUT2D eigenvalue weighted by atomic mass is 19.1. The molecule has 1 rings (SSSR count). The maximum atomic E-state index is 12.6. The highest BCUT2D eigenvalue weighted by Gasteiger charge is 2.17. The smallest absolute Gasteiger partial charge is 0.313 e. The first-order chi connectivity index (χ1) is 8.56. The average molecular weight is 254 g/mol. The summed E-state index contributed by atoms with van der Waals surface area (Å²) in [5.41, 5.74) is 0.327. The van der Waals surface area contributed by atoms with E-state index in [4.69, 9.17) is 5.11 Å². The third kappa shape index (κ3) is 4.14. The van der Waals surface area contributed by atoms with Crippen LogP contribution in [0.15, 0.2) is 24.3 Å². The number of aliphatic hydroxyl groups is 1. The molecule has 18 heavy (non-hydrogen) atoms. The molecule has 0 unspecified atom stereocenters. The first kappa shape index (κ1) is 14.1.